The van der Waals surface area contributed by atoms with E-state index < -0.39 is 65.0 Å². The number of fused-ring (bicyclic) bond motifs is 2. The van der Waals surface area contributed by atoms with Gasteiger partial charge in [0, 0.05) is 18.5 Å². The Hall–Kier alpha value is -3.50. The van der Waals surface area contributed by atoms with E-state index in [2.05, 4.69) is 5.32 Å². The highest BCUT2D eigenvalue weighted by Gasteiger charge is 2.73. The lowest BCUT2D eigenvalue weighted by Gasteiger charge is -2.42. The molecule has 5 rings (SSSR count). The maximum Gasteiger partial charge on any atom is 0.306 e. The van der Waals surface area contributed by atoms with Crippen LogP contribution in [0, 0.1) is 11.8 Å². The Morgan fingerprint density at radius 1 is 1.10 bits per heavy atom. The molecule has 4 aliphatic rings. The van der Waals surface area contributed by atoms with Crippen LogP contribution < -0.4 is 5.32 Å². The Kier molecular flexibility index (Phi) is 7.82. The Balaban J connectivity index is 1.59. The predicted molar refractivity (Wildman–Crippen MR) is 149 cm³/mol. The van der Waals surface area contributed by atoms with Gasteiger partial charge in [0.25, 0.3) is 0 Å². The summed E-state index contributed by atoms with van der Waals surface area (Å²) >= 11 is 0. The number of carbonyl (C=O) groups is 4. The van der Waals surface area contributed by atoms with Crippen molar-refractivity contribution in [1.82, 2.24) is 15.1 Å². The van der Waals surface area contributed by atoms with Gasteiger partial charge in [0.05, 0.1) is 36.6 Å². The second kappa shape index (κ2) is 11.1. The molecule has 1 spiro atoms. The van der Waals surface area contributed by atoms with Crippen molar-refractivity contribution in [3.05, 3.63) is 60.2 Å². The van der Waals surface area contributed by atoms with Crippen LogP contribution in [-0.4, -0.2) is 87.7 Å². The van der Waals surface area contributed by atoms with Crippen LogP contribution in [0.4, 0.5) is 0 Å². The van der Waals surface area contributed by atoms with Crippen molar-refractivity contribution in [2.45, 2.75) is 75.9 Å². The van der Waals surface area contributed by atoms with Crippen LogP contribution in [0.2, 0.25) is 0 Å². The highest BCUT2D eigenvalue weighted by atomic mass is 16.5. The Bertz CT molecular complexity index is 1260. The van der Waals surface area contributed by atoms with Gasteiger partial charge in [-0.3, -0.25) is 19.2 Å². The summed E-state index contributed by atoms with van der Waals surface area (Å²) in [7, 11) is 0. The van der Waals surface area contributed by atoms with E-state index in [0.717, 1.165) is 5.56 Å². The molecule has 41 heavy (non-hydrogen) atoms. The topological polar surface area (TPSA) is 125 Å². The fourth-order valence-corrected chi connectivity index (χ4v) is 6.51. The summed E-state index contributed by atoms with van der Waals surface area (Å²) in [4.78, 5) is 58.2. The summed E-state index contributed by atoms with van der Waals surface area (Å²) in [5, 5.41) is 13.1. The number of benzene rings is 1. The second-order valence-corrected chi connectivity index (χ2v) is 12.3. The standard InChI is InChI=1S/C31H39N3O7/c1-19(17-35)34-26-29(39)33(30(2,3)4)16-10-6-9-13-23(36)40-18-21(20-11-7-5-8-12-20)32-27(37)24-22-14-15-31(26,41-22)25(24)28(34)38/h5-8,10-12,14-15,19,21-22,24-26,35H,9,13,16-18H2,1-4H3,(H,32,37)/b10-6-/t19-,21+,22+,24-,25-,26+,31-/m1/s1. The lowest BCUT2D eigenvalue weighted by molar-refractivity contribution is -0.153. The quantitative estimate of drug-likeness (QED) is 0.424. The first-order chi connectivity index (χ1) is 19.5. The Labute approximate surface area is 240 Å². The normalized spacial score (nSPS) is 33.9. The number of carbonyl (C=O) groups excluding carboxylic acids is 4. The van der Waals surface area contributed by atoms with Crippen LogP contribution in [0.5, 0.6) is 0 Å². The number of hydrogen-bond acceptors (Lipinski definition) is 7. The van der Waals surface area contributed by atoms with Crippen LogP contribution in [0.3, 0.4) is 0 Å². The second-order valence-electron chi connectivity index (χ2n) is 12.3. The average molecular weight is 566 g/mol. The minimum absolute atomic E-state index is 0.0667. The van der Waals surface area contributed by atoms with Gasteiger partial charge >= 0.3 is 5.97 Å². The van der Waals surface area contributed by atoms with Crippen molar-refractivity contribution in [2.24, 2.45) is 11.8 Å². The van der Waals surface area contributed by atoms with E-state index in [4.69, 9.17) is 9.47 Å². The van der Waals surface area contributed by atoms with E-state index in [1.807, 2.05) is 63.3 Å². The third kappa shape index (κ3) is 5.08. The predicted octanol–water partition coefficient (Wildman–Crippen LogP) is 1.90. The number of esters is 1. The lowest BCUT2D eigenvalue weighted by Crippen LogP contribution is -2.61. The highest BCUT2D eigenvalue weighted by molar-refractivity contribution is 6.00. The fraction of sp³-hybridized carbons (Fsp3) is 0.548. The highest BCUT2D eigenvalue weighted by Crippen LogP contribution is 2.56. The zero-order chi connectivity index (χ0) is 29.5. The molecule has 1 aromatic carbocycles. The molecule has 0 aliphatic carbocycles. The monoisotopic (exact) mass is 565 g/mol. The van der Waals surface area contributed by atoms with Gasteiger partial charge in [-0.1, -0.05) is 54.6 Å². The zero-order valence-corrected chi connectivity index (χ0v) is 24.0. The molecule has 220 valence electrons. The average Bonchev–Trinajstić information content (AvgIpc) is 3.58. The third-order valence-corrected chi connectivity index (χ3v) is 8.56. The molecule has 4 heterocycles. The van der Waals surface area contributed by atoms with Crippen molar-refractivity contribution in [3.8, 4) is 0 Å². The number of nitrogens with one attached hydrogen (secondary N) is 1. The van der Waals surface area contributed by atoms with Gasteiger partial charge in [0.1, 0.15) is 18.2 Å². The molecule has 2 N–H and O–H groups in total. The molecule has 0 unspecified atom stereocenters. The molecule has 0 radical (unpaired) electrons. The van der Waals surface area contributed by atoms with Gasteiger partial charge in [0.2, 0.25) is 17.7 Å². The molecule has 10 heteroatoms. The first kappa shape index (κ1) is 29.0. The fourth-order valence-electron chi connectivity index (χ4n) is 6.51. The number of aliphatic hydroxyl groups excluding tert-OH is 1. The number of allylic oxidation sites excluding steroid dienone is 1. The van der Waals surface area contributed by atoms with E-state index in [0.29, 0.717) is 6.42 Å². The number of ether oxygens (including phenoxy) is 2. The molecule has 5 bridgehead atoms. The molecule has 10 nitrogen and oxygen atoms in total. The molecule has 1 aromatic rings. The van der Waals surface area contributed by atoms with Gasteiger partial charge in [-0.05, 0) is 39.7 Å². The van der Waals surface area contributed by atoms with E-state index >= 15 is 0 Å². The number of amides is 3. The molecule has 0 aromatic heterocycles. The molecular formula is C31H39N3O7. The molecule has 2 saturated heterocycles. The lowest BCUT2D eigenvalue weighted by atomic mass is 9.74. The number of hydrogen-bond donors (Lipinski definition) is 2. The summed E-state index contributed by atoms with van der Waals surface area (Å²) in [6, 6.07) is 6.83. The first-order valence-corrected chi connectivity index (χ1v) is 14.3. The van der Waals surface area contributed by atoms with Gasteiger partial charge < -0.3 is 29.7 Å². The Morgan fingerprint density at radius 3 is 2.51 bits per heavy atom. The SMILES string of the molecule is C[C@H](CO)N1C(=O)[C@H]2[C@@H]3C(=O)N[C@H](c4ccccc4)COC(=O)CC/C=C\CN(C(C)(C)C)C(=O)[C@H]1[C@@]21C=C[C@@H]3O1. The summed E-state index contributed by atoms with van der Waals surface area (Å²) in [6.07, 6.45) is 7.07. The third-order valence-electron chi connectivity index (χ3n) is 8.56. The minimum Gasteiger partial charge on any atom is -0.463 e. The molecular weight excluding hydrogens is 526 g/mol. The molecule has 2 fully saturated rings. The van der Waals surface area contributed by atoms with Crippen LogP contribution in [0.15, 0.2) is 54.6 Å². The smallest absolute Gasteiger partial charge is 0.306 e. The minimum atomic E-state index is -1.35. The molecule has 3 amide bonds. The van der Waals surface area contributed by atoms with E-state index in [1.54, 1.807) is 24.0 Å². The van der Waals surface area contributed by atoms with Crippen molar-refractivity contribution in [1.29, 1.82) is 0 Å². The largest absolute Gasteiger partial charge is 0.463 e. The molecule has 4 aliphatic heterocycles. The van der Waals surface area contributed by atoms with Crippen LogP contribution in [0.25, 0.3) is 0 Å². The number of aliphatic hydroxyl groups is 1. The van der Waals surface area contributed by atoms with E-state index in [9.17, 15) is 24.3 Å². The van der Waals surface area contributed by atoms with Gasteiger partial charge in [-0.2, -0.15) is 0 Å². The number of nitrogens with zero attached hydrogens (tertiary/aromatic N) is 2. The zero-order valence-electron chi connectivity index (χ0n) is 24.0. The maximum atomic E-state index is 14.4. The van der Waals surface area contributed by atoms with Crippen molar-refractivity contribution < 1.29 is 33.8 Å². The number of likely N-dealkylation sites (tertiary alicyclic amines) is 1. The molecule has 7 atom stereocenters. The van der Waals surface area contributed by atoms with Crippen LogP contribution in [0.1, 0.15) is 52.1 Å². The summed E-state index contributed by atoms with van der Waals surface area (Å²) in [5.41, 5.74) is -1.21. The maximum absolute atomic E-state index is 14.4. The van der Waals surface area contributed by atoms with Crippen LogP contribution in [-0.2, 0) is 28.7 Å². The van der Waals surface area contributed by atoms with Crippen molar-refractivity contribution in [3.63, 3.8) is 0 Å². The summed E-state index contributed by atoms with van der Waals surface area (Å²) < 4.78 is 12.0. The summed E-state index contributed by atoms with van der Waals surface area (Å²) in [5.74, 6) is -3.40. The Morgan fingerprint density at radius 2 is 1.83 bits per heavy atom. The number of cyclic esters (lactones) is 1. The molecule has 0 saturated carbocycles. The van der Waals surface area contributed by atoms with E-state index in [-0.39, 0.29) is 32.1 Å². The van der Waals surface area contributed by atoms with Crippen LogP contribution >= 0.6 is 0 Å². The van der Waals surface area contributed by atoms with Gasteiger partial charge in [-0.25, -0.2) is 0 Å². The van der Waals surface area contributed by atoms with Gasteiger partial charge in [0.15, 0.2) is 0 Å². The van der Waals surface area contributed by atoms with E-state index in [1.165, 1.54) is 4.90 Å². The van der Waals surface area contributed by atoms with Gasteiger partial charge in [-0.15, -0.1) is 0 Å². The number of rotatable bonds is 3. The first-order valence-electron chi connectivity index (χ1n) is 14.3. The van der Waals surface area contributed by atoms with Crippen molar-refractivity contribution >= 4 is 23.7 Å². The van der Waals surface area contributed by atoms with Crippen molar-refractivity contribution in [2.75, 3.05) is 19.8 Å². The summed E-state index contributed by atoms with van der Waals surface area (Å²) in [6.45, 7) is 7.25.